The molecule has 0 atom stereocenters. The van der Waals surface area contributed by atoms with Crippen molar-refractivity contribution in [2.24, 2.45) is 0 Å². The van der Waals surface area contributed by atoms with Crippen molar-refractivity contribution in [2.45, 2.75) is 0 Å². The minimum atomic E-state index is 1.27. The number of hydrogen-bond acceptors (Lipinski definition) is 2. The summed E-state index contributed by atoms with van der Waals surface area (Å²) in [5, 5.41) is 8.19. The molecular formula is C28H16S2. The Hall–Kier alpha value is -3.20. The van der Waals surface area contributed by atoms with E-state index in [1.165, 1.54) is 62.2 Å². The molecule has 7 aromatic rings. The molecule has 0 unspecified atom stereocenters. The van der Waals surface area contributed by atoms with Crippen molar-refractivity contribution >= 4 is 73.8 Å². The van der Waals surface area contributed by atoms with Crippen LogP contribution >= 0.6 is 22.7 Å². The fraction of sp³-hybridized carbons (Fsp3) is 0. The van der Waals surface area contributed by atoms with Crippen LogP contribution < -0.4 is 0 Å². The van der Waals surface area contributed by atoms with Gasteiger partial charge in [-0.3, -0.25) is 0 Å². The van der Waals surface area contributed by atoms with E-state index in [4.69, 9.17) is 0 Å². The van der Waals surface area contributed by atoms with Crippen LogP contribution in [0.1, 0.15) is 0 Å². The molecule has 7 rings (SSSR count). The van der Waals surface area contributed by atoms with E-state index in [0.717, 1.165) is 0 Å². The number of benzene rings is 5. The third-order valence-corrected chi connectivity index (χ3v) is 8.50. The van der Waals surface area contributed by atoms with Gasteiger partial charge in [-0.25, -0.2) is 0 Å². The highest BCUT2D eigenvalue weighted by atomic mass is 32.1. The lowest BCUT2D eigenvalue weighted by atomic mass is 10.0. The predicted octanol–water partition coefficient (Wildman–Crippen LogP) is 9.24. The summed E-state index contributed by atoms with van der Waals surface area (Å²) in [6, 6.07) is 35.6. The van der Waals surface area contributed by atoms with Gasteiger partial charge < -0.3 is 0 Å². The smallest absolute Gasteiger partial charge is 0.0434 e. The lowest BCUT2D eigenvalue weighted by Gasteiger charge is -2.02. The van der Waals surface area contributed by atoms with Gasteiger partial charge in [-0.1, -0.05) is 84.9 Å². The van der Waals surface area contributed by atoms with Gasteiger partial charge >= 0.3 is 0 Å². The Morgan fingerprint density at radius 2 is 0.900 bits per heavy atom. The first kappa shape index (κ1) is 16.6. The Bertz CT molecular complexity index is 1730. The minimum Gasteiger partial charge on any atom is -0.135 e. The largest absolute Gasteiger partial charge is 0.135 e. The number of fused-ring (bicyclic) bond motifs is 9. The highest BCUT2D eigenvalue weighted by molar-refractivity contribution is 7.28. The molecule has 0 aliphatic rings. The number of hydrogen-bond donors (Lipinski definition) is 0. The normalized spacial score (nSPS) is 12.0. The number of thiophene rings is 2. The topological polar surface area (TPSA) is 0 Å². The van der Waals surface area contributed by atoms with Crippen molar-refractivity contribution in [3.8, 4) is 11.1 Å². The van der Waals surface area contributed by atoms with Crippen LogP contribution in [0.5, 0.6) is 0 Å². The van der Waals surface area contributed by atoms with Crippen LogP contribution in [0.15, 0.2) is 97.1 Å². The van der Waals surface area contributed by atoms with Crippen LogP contribution in [0, 0.1) is 0 Å². The molecule has 0 bridgehead atoms. The molecule has 0 saturated carbocycles. The molecule has 0 amide bonds. The predicted molar refractivity (Wildman–Crippen MR) is 135 cm³/mol. The van der Waals surface area contributed by atoms with Crippen LogP contribution in [0.3, 0.4) is 0 Å². The molecule has 0 fully saturated rings. The molecule has 2 heteroatoms. The molecule has 2 heterocycles. The Morgan fingerprint density at radius 3 is 1.63 bits per heavy atom. The fourth-order valence-corrected chi connectivity index (χ4v) is 7.13. The SMILES string of the molecule is c1ccc(-c2ccc3c(c2)sc2c3ccc3c2ccc2c4ccccc4sc23)cc1. The lowest BCUT2D eigenvalue weighted by molar-refractivity contribution is 1.66. The van der Waals surface area contributed by atoms with Crippen molar-refractivity contribution in [3.05, 3.63) is 97.1 Å². The summed E-state index contributed by atoms with van der Waals surface area (Å²) in [6.45, 7) is 0. The summed E-state index contributed by atoms with van der Waals surface area (Å²) < 4.78 is 5.52. The zero-order valence-corrected chi connectivity index (χ0v) is 17.7. The van der Waals surface area contributed by atoms with E-state index < -0.39 is 0 Å². The first-order valence-corrected chi connectivity index (χ1v) is 11.7. The van der Waals surface area contributed by atoms with Gasteiger partial charge in [-0.2, -0.15) is 0 Å². The van der Waals surface area contributed by atoms with Gasteiger partial charge in [0.25, 0.3) is 0 Å². The van der Waals surface area contributed by atoms with Crippen LogP contribution in [-0.4, -0.2) is 0 Å². The molecule has 30 heavy (non-hydrogen) atoms. The Labute approximate surface area is 181 Å². The number of rotatable bonds is 1. The molecule has 0 radical (unpaired) electrons. The Morgan fingerprint density at radius 1 is 0.367 bits per heavy atom. The highest BCUT2D eigenvalue weighted by Gasteiger charge is 2.13. The maximum Gasteiger partial charge on any atom is 0.0434 e. The van der Waals surface area contributed by atoms with Gasteiger partial charge in [0.05, 0.1) is 0 Å². The third kappa shape index (κ3) is 2.26. The maximum atomic E-state index is 2.35. The van der Waals surface area contributed by atoms with Gasteiger partial charge in [0.1, 0.15) is 0 Å². The van der Waals surface area contributed by atoms with E-state index in [1.54, 1.807) is 0 Å². The second-order valence-corrected chi connectivity index (χ2v) is 9.86. The van der Waals surface area contributed by atoms with E-state index in [1.807, 2.05) is 22.7 Å². The monoisotopic (exact) mass is 416 g/mol. The first-order valence-electron chi connectivity index (χ1n) is 10.1. The molecule has 0 aliphatic heterocycles. The molecule has 0 saturated heterocycles. The summed E-state index contributed by atoms with van der Waals surface area (Å²) in [5.41, 5.74) is 2.56. The van der Waals surface area contributed by atoms with Crippen LogP contribution in [0.4, 0.5) is 0 Å². The summed E-state index contributed by atoms with van der Waals surface area (Å²) in [4.78, 5) is 0. The van der Waals surface area contributed by atoms with Gasteiger partial charge in [0.2, 0.25) is 0 Å². The fourth-order valence-electron chi connectivity index (χ4n) is 4.63. The molecule has 2 aromatic heterocycles. The van der Waals surface area contributed by atoms with Crippen molar-refractivity contribution in [2.75, 3.05) is 0 Å². The average molecular weight is 417 g/mol. The molecule has 0 nitrogen and oxygen atoms in total. The van der Waals surface area contributed by atoms with Gasteiger partial charge in [0.15, 0.2) is 0 Å². The molecule has 0 spiro atoms. The first-order chi connectivity index (χ1) is 14.9. The second kappa shape index (κ2) is 6.15. The van der Waals surface area contributed by atoms with Gasteiger partial charge in [-0.05, 0) is 23.3 Å². The molecular weight excluding hydrogens is 400 g/mol. The van der Waals surface area contributed by atoms with E-state index in [2.05, 4.69) is 97.1 Å². The summed E-state index contributed by atoms with van der Waals surface area (Å²) >= 11 is 3.83. The highest BCUT2D eigenvalue weighted by Crippen LogP contribution is 2.44. The minimum absolute atomic E-state index is 1.27. The van der Waals surface area contributed by atoms with Crippen molar-refractivity contribution in [3.63, 3.8) is 0 Å². The quantitative estimate of drug-likeness (QED) is 0.250. The maximum absolute atomic E-state index is 2.35. The average Bonchev–Trinajstić information content (AvgIpc) is 3.37. The van der Waals surface area contributed by atoms with Crippen molar-refractivity contribution in [1.82, 2.24) is 0 Å². The van der Waals surface area contributed by atoms with Crippen LogP contribution in [0.2, 0.25) is 0 Å². The Kier molecular flexibility index (Phi) is 3.40. The summed E-state index contributed by atoms with van der Waals surface area (Å²) in [7, 11) is 0. The molecule has 5 aromatic carbocycles. The summed E-state index contributed by atoms with van der Waals surface area (Å²) in [5.74, 6) is 0. The van der Waals surface area contributed by atoms with Crippen molar-refractivity contribution in [1.29, 1.82) is 0 Å². The lowest BCUT2D eigenvalue weighted by Crippen LogP contribution is -1.76. The van der Waals surface area contributed by atoms with E-state index in [0.29, 0.717) is 0 Å². The molecule has 140 valence electrons. The van der Waals surface area contributed by atoms with E-state index in [9.17, 15) is 0 Å². The van der Waals surface area contributed by atoms with Crippen LogP contribution in [-0.2, 0) is 0 Å². The van der Waals surface area contributed by atoms with Gasteiger partial charge in [-0.15, -0.1) is 22.7 Å². The molecule has 0 N–H and O–H groups in total. The van der Waals surface area contributed by atoms with Crippen LogP contribution in [0.25, 0.3) is 62.2 Å². The Balaban J connectivity index is 1.55. The van der Waals surface area contributed by atoms with E-state index in [-0.39, 0.29) is 0 Å². The standard InChI is InChI=1S/C28H16S2/c1-2-6-17(7-3-1)18-10-11-20-22-13-15-23-24(28(22)30-26(20)16-18)14-12-21-19-8-4-5-9-25(19)29-27(21)23/h1-16H. The van der Waals surface area contributed by atoms with E-state index >= 15 is 0 Å². The van der Waals surface area contributed by atoms with Crippen molar-refractivity contribution < 1.29 is 0 Å². The third-order valence-electron chi connectivity index (χ3n) is 6.08. The summed E-state index contributed by atoms with van der Waals surface area (Å²) in [6.07, 6.45) is 0. The van der Waals surface area contributed by atoms with Gasteiger partial charge in [0, 0.05) is 51.1 Å². The second-order valence-electron chi connectivity index (χ2n) is 7.76. The zero-order valence-electron chi connectivity index (χ0n) is 16.1. The molecule has 0 aliphatic carbocycles. The zero-order chi connectivity index (χ0) is 19.7.